The maximum absolute atomic E-state index is 11.8. The van der Waals surface area contributed by atoms with Crippen molar-refractivity contribution in [2.75, 3.05) is 18.0 Å². The number of hydrogen-bond acceptors (Lipinski definition) is 10. The average molecular weight is 515 g/mol. The molecule has 10 nitrogen and oxygen atoms in total. The molecule has 3 aromatic rings. The Bertz CT molecular complexity index is 1410. The standard InChI is InChI=1S/C26H22N6O4S/c1-16-24(35-19-7-9-32(10-8-19)22-6-5-18(13-27)14-28-22)29-15-30-25(16)36-20-4-2-3-17(11-20)12-21-23(33)31-26(34)37-21/h2-6,11-12,14-15,19H,7-10H2,1H3,(H,31,33,34)/b21-12+. The molecule has 2 amide bonds. The lowest BCUT2D eigenvalue weighted by Crippen LogP contribution is -2.38. The van der Waals surface area contributed by atoms with E-state index in [0.29, 0.717) is 33.5 Å². The number of ether oxygens (including phenoxy) is 2. The third-order valence-corrected chi connectivity index (χ3v) is 6.74. The van der Waals surface area contributed by atoms with Gasteiger partial charge in [-0.05, 0) is 54.6 Å². The van der Waals surface area contributed by atoms with Gasteiger partial charge in [0.25, 0.3) is 11.1 Å². The minimum absolute atomic E-state index is 0.0104. The summed E-state index contributed by atoms with van der Waals surface area (Å²) in [7, 11) is 0. The number of carbonyl (C=O) groups excluding carboxylic acids is 2. The number of carbonyl (C=O) groups is 2. The number of hydrogen-bond donors (Lipinski definition) is 1. The van der Waals surface area contributed by atoms with Gasteiger partial charge in [-0.2, -0.15) is 5.26 Å². The number of nitriles is 1. The first-order chi connectivity index (χ1) is 18.0. The molecule has 4 heterocycles. The molecule has 11 heteroatoms. The molecule has 5 rings (SSSR count). The first-order valence-corrected chi connectivity index (χ1v) is 12.4. The van der Waals surface area contributed by atoms with Gasteiger partial charge < -0.3 is 14.4 Å². The highest BCUT2D eigenvalue weighted by atomic mass is 32.2. The van der Waals surface area contributed by atoms with Crippen LogP contribution in [0.3, 0.4) is 0 Å². The molecule has 0 radical (unpaired) electrons. The van der Waals surface area contributed by atoms with E-state index in [1.807, 2.05) is 19.1 Å². The minimum atomic E-state index is -0.409. The molecule has 2 aromatic heterocycles. The Hall–Kier alpha value is -4.43. The molecule has 1 aromatic carbocycles. The predicted molar refractivity (Wildman–Crippen MR) is 137 cm³/mol. The van der Waals surface area contributed by atoms with Gasteiger partial charge in [0.1, 0.15) is 30.1 Å². The number of nitrogens with one attached hydrogen (secondary N) is 1. The molecule has 0 spiro atoms. The summed E-state index contributed by atoms with van der Waals surface area (Å²) in [6.07, 6.45) is 6.22. The Balaban J connectivity index is 1.22. The van der Waals surface area contributed by atoms with E-state index < -0.39 is 5.91 Å². The Morgan fingerprint density at radius 1 is 1.14 bits per heavy atom. The molecule has 0 bridgehead atoms. The predicted octanol–water partition coefficient (Wildman–Crippen LogP) is 4.22. The molecule has 2 fully saturated rings. The van der Waals surface area contributed by atoms with Crippen molar-refractivity contribution in [3.05, 3.63) is 70.5 Å². The van der Waals surface area contributed by atoms with Crippen LogP contribution in [0, 0.1) is 18.3 Å². The van der Waals surface area contributed by atoms with Crippen LogP contribution in [0.1, 0.15) is 29.5 Å². The van der Waals surface area contributed by atoms with Crippen molar-refractivity contribution < 1.29 is 19.1 Å². The second-order valence-electron chi connectivity index (χ2n) is 8.46. The van der Waals surface area contributed by atoms with E-state index in [2.05, 4.69) is 31.2 Å². The summed E-state index contributed by atoms with van der Waals surface area (Å²) in [6.45, 7) is 3.40. The first kappa shape index (κ1) is 24.3. The fraction of sp³-hybridized carbons (Fsp3) is 0.231. The second-order valence-corrected chi connectivity index (χ2v) is 9.47. The van der Waals surface area contributed by atoms with E-state index in [1.165, 1.54) is 6.33 Å². The molecule has 2 aliphatic heterocycles. The largest absolute Gasteiger partial charge is 0.474 e. The van der Waals surface area contributed by atoms with Gasteiger partial charge in [0.05, 0.1) is 16.0 Å². The van der Waals surface area contributed by atoms with Crippen molar-refractivity contribution >= 4 is 34.8 Å². The lowest BCUT2D eigenvalue weighted by atomic mass is 10.1. The Morgan fingerprint density at radius 3 is 2.65 bits per heavy atom. The maximum Gasteiger partial charge on any atom is 0.290 e. The highest BCUT2D eigenvalue weighted by Crippen LogP contribution is 2.31. The van der Waals surface area contributed by atoms with Gasteiger partial charge in [0.15, 0.2) is 0 Å². The zero-order chi connectivity index (χ0) is 25.8. The third-order valence-electron chi connectivity index (χ3n) is 5.93. The monoisotopic (exact) mass is 514 g/mol. The van der Waals surface area contributed by atoms with Gasteiger partial charge in [-0.25, -0.2) is 15.0 Å². The zero-order valence-corrected chi connectivity index (χ0v) is 20.7. The maximum atomic E-state index is 11.8. The van der Waals surface area contributed by atoms with E-state index in [9.17, 15) is 9.59 Å². The fourth-order valence-corrected chi connectivity index (χ4v) is 4.67. The Kier molecular flexibility index (Phi) is 7.00. The van der Waals surface area contributed by atoms with Crippen molar-refractivity contribution in [3.63, 3.8) is 0 Å². The van der Waals surface area contributed by atoms with Gasteiger partial charge in [0.2, 0.25) is 11.8 Å². The van der Waals surface area contributed by atoms with Crippen molar-refractivity contribution in [3.8, 4) is 23.6 Å². The average Bonchev–Trinajstić information content (AvgIpc) is 3.23. The number of anilines is 1. The van der Waals surface area contributed by atoms with Crippen LogP contribution < -0.4 is 19.7 Å². The SMILES string of the molecule is Cc1c(Oc2cccc(/C=C3/SC(=O)NC3=O)c2)ncnc1OC1CCN(c2ccc(C#N)cn2)CC1. The van der Waals surface area contributed by atoms with Crippen LogP contribution in [0.25, 0.3) is 6.08 Å². The van der Waals surface area contributed by atoms with Crippen molar-refractivity contribution in [2.45, 2.75) is 25.9 Å². The molecule has 0 unspecified atom stereocenters. The third kappa shape index (κ3) is 5.70. The van der Waals surface area contributed by atoms with E-state index in [1.54, 1.807) is 36.5 Å². The number of thioether (sulfide) groups is 1. The van der Waals surface area contributed by atoms with Crippen LogP contribution in [0.5, 0.6) is 17.5 Å². The van der Waals surface area contributed by atoms with Crippen molar-refractivity contribution in [1.29, 1.82) is 5.26 Å². The normalized spacial score (nSPS) is 17.0. The fourth-order valence-electron chi connectivity index (χ4n) is 3.99. The zero-order valence-electron chi connectivity index (χ0n) is 19.9. The molecule has 37 heavy (non-hydrogen) atoms. The quantitative estimate of drug-likeness (QED) is 0.477. The summed E-state index contributed by atoms with van der Waals surface area (Å²) < 4.78 is 12.2. The molecule has 2 saturated heterocycles. The summed E-state index contributed by atoms with van der Waals surface area (Å²) in [4.78, 5) is 38.7. The molecule has 186 valence electrons. The number of amides is 2. The summed E-state index contributed by atoms with van der Waals surface area (Å²) in [5.41, 5.74) is 1.94. The number of piperidine rings is 1. The summed E-state index contributed by atoms with van der Waals surface area (Å²) in [5.74, 6) is 1.81. The Morgan fingerprint density at radius 2 is 1.95 bits per heavy atom. The van der Waals surface area contributed by atoms with E-state index in [0.717, 1.165) is 49.1 Å². The minimum Gasteiger partial charge on any atom is -0.474 e. The highest BCUT2D eigenvalue weighted by molar-refractivity contribution is 8.18. The lowest BCUT2D eigenvalue weighted by molar-refractivity contribution is -0.115. The van der Waals surface area contributed by atoms with E-state index in [-0.39, 0.29) is 11.3 Å². The summed E-state index contributed by atoms with van der Waals surface area (Å²) in [6, 6.07) is 12.9. The van der Waals surface area contributed by atoms with Crippen LogP contribution >= 0.6 is 11.8 Å². The molecule has 1 N–H and O–H groups in total. The van der Waals surface area contributed by atoms with Gasteiger partial charge in [-0.15, -0.1) is 0 Å². The number of pyridine rings is 1. The molecule has 0 saturated carbocycles. The lowest BCUT2D eigenvalue weighted by Gasteiger charge is -2.32. The Labute approximate surface area is 217 Å². The van der Waals surface area contributed by atoms with E-state index >= 15 is 0 Å². The number of rotatable bonds is 6. The smallest absolute Gasteiger partial charge is 0.290 e. The summed E-state index contributed by atoms with van der Waals surface area (Å²) in [5, 5.41) is 10.8. The number of imide groups is 1. The van der Waals surface area contributed by atoms with Crippen molar-refractivity contribution in [2.24, 2.45) is 0 Å². The van der Waals surface area contributed by atoms with Crippen LogP contribution in [-0.2, 0) is 4.79 Å². The van der Waals surface area contributed by atoms with Crippen molar-refractivity contribution in [1.82, 2.24) is 20.3 Å². The second kappa shape index (κ2) is 10.7. The molecule has 0 aliphatic carbocycles. The van der Waals surface area contributed by atoms with Crippen LogP contribution in [-0.4, -0.2) is 45.3 Å². The van der Waals surface area contributed by atoms with Crippen LogP contribution in [0.2, 0.25) is 0 Å². The molecule has 2 aliphatic rings. The van der Waals surface area contributed by atoms with E-state index in [4.69, 9.17) is 14.7 Å². The van der Waals surface area contributed by atoms with Gasteiger partial charge >= 0.3 is 0 Å². The molecular formula is C26H22N6O4S. The summed E-state index contributed by atoms with van der Waals surface area (Å²) >= 11 is 0.865. The number of benzene rings is 1. The first-order valence-electron chi connectivity index (χ1n) is 11.6. The number of aromatic nitrogens is 3. The highest BCUT2D eigenvalue weighted by Gasteiger charge is 2.25. The topological polar surface area (TPSA) is 130 Å². The van der Waals surface area contributed by atoms with Crippen LogP contribution in [0.4, 0.5) is 10.6 Å². The molecule has 0 atom stereocenters. The van der Waals surface area contributed by atoms with Crippen LogP contribution in [0.15, 0.2) is 53.8 Å². The van der Waals surface area contributed by atoms with Gasteiger partial charge in [-0.3, -0.25) is 14.9 Å². The van der Waals surface area contributed by atoms with Gasteiger partial charge in [0, 0.05) is 32.1 Å². The number of nitrogens with zero attached hydrogens (tertiary/aromatic N) is 5. The molecular weight excluding hydrogens is 492 g/mol. The van der Waals surface area contributed by atoms with Gasteiger partial charge in [-0.1, -0.05) is 12.1 Å².